The molecule has 5 heteroatoms. The van der Waals surface area contributed by atoms with Crippen LogP contribution in [-0.2, 0) is 18.8 Å². The summed E-state index contributed by atoms with van der Waals surface area (Å²) in [6.45, 7) is 12.7. The second-order valence-electron chi connectivity index (χ2n) is 7.86. The molecular weight excluding hydrogens is 279 g/mol. The van der Waals surface area contributed by atoms with Crippen LogP contribution in [0.4, 0.5) is 0 Å². The summed E-state index contributed by atoms with van der Waals surface area (Å²) < 4.78 is 17.3. The summed E-state index contributed by atoms with van der Waals surface area (Å²) in [4.78, 5) is 11.7. The molecule has 1 unspecified atom stereocenters. The van der Waals surface area contributed by atoms with Gasteiger partial charge >= 0.3 is 13.1 Å². The quantitative estimate of drug-likeness (QED) is 0.587. The largest absolute Gasteiger partial charge is 0.490 e. The lowest BCUT2D eigenvalue weighted by Crippen LogP contribution is -2.41. The van der Waals surface area contributed by atoms with Crippen molar-refractivity contribution in [2.45, 2.75) is 78.4 Å². The number of rotatable bonds is 4. The number of carbonyl (C=O) groups excluding carboxylic acids is 1. The van der Waals surface area contributed by atoms with E-state index < -0.39 is 0 Å². The zero-order valence-corrected chi connectivity index (χ0v) is 14.8. The normalized spacial score (nSPS) is 30.1. The van der Waals surface area contributed by atoms with Crippen LogP contribution in [0.15, 0.2) is 11.5 Å². The van der Waals surface area contributed by atoms with Crippen LogP contribution in [0.5, 0.6) is 0 Å². The maximum absolute atomic E-state index is 11.7. The van der Waals surface area contributed by atoms with Crippen molar-refractivity contribution in [1.82, 2.24) is 0 Å². The van der Waals surface area contributed by atoms with Crippen molar-refractivity contribution in [3.63, 3.8) is 0 Å². The van der Waals surface area contributed by atoms with Crippen molar-refractivity contribution in [1.29, 1.82) is 0 Å². The summed E-state index contributed by atoms with van der Waals surface area (Å²) >= 11 is 0. The van der Waals surface area contributed by atoms with E-state index >= 15 is 0 Å². The van der Waals surface area contributed by atoms with Crippen LogP contribution in [0, 0.1) is 5.41 Å². The molecule has 1 fully saturated rings. The van der Waals surface area contributed by atoms with Crippen LogP contribution < -0.4 is 0 Å². The minimum absolute atomic E-state index is 0.0145. The lowest BCUT2D eigenvalue weighted by molar-refractivity contribution is -0.145. The van der Waals surface area contributed by atoms with Gasteiger partial charge in [-0.25, -0.2) is 0 Å². The molecule has 0 N–H and O–H groups in total. The van der Waals surface area contributed by atoms with Gasteiger partial charge in [0.2, 0.25) is 0 Å². The summed E-state index contributed by atoms with van der Waals surface area (Å²) in [5.41, 5.74) is 0.591. The first-order chi connectivity index (χ1) is 10.1. The highest BCUT2D eigenvalue weighted by atomic mass is 16.7. The molecule has 1 heterocycles. The van der Waals surface area contributed by atoms with E-state index in [9.17, 15) is 4.79 Å². The van der Waals surface area contributed by atoms with E-state index in [4.69, 9.17) is 14.0 Å². The van der Waals surface area contributed by atoms with E-state index in [0.717, 1.165) is 19.3 Å². The summed E-state index contributed by atoms with van der Waals surface area (Å²) in [5.74, 6) is -0.0996. The third-order valence-corrected chi connectivity index (χ3v) is 5.31. The van der Waals surface area contributed by atoms with E-state index in [2.05, 4.69) is 40.7 Å². The Morgan fingerprint density at radius 3 is 2.27 bits per heavy atom. The molecule has 1 saturated heterocycles. The first-order valence-corrected chi connectivity index (χ1v) is 8.29. The standard InChI is InChI=1S/C17H29BO4/c1-7-20-14(19)12-17(6)10-8-13(9-11-17)18-21-15(2,3)16(4,5)22-18/h8H,7,9-12H2,1-6H3. The van der Waals surface area contributed by atoms with Crippen LogP contribution in [0.3, 0.4) is 0 Å². The van der Waals surface area contributed by atoms with E-state index in [1.54, 1.807) is 0 Å². The zero-order valence-electron chi connectivity index (χ0n) is 14.8. The fourth-order valence-corrected chi connectivity index (χ4v) is 2.96. The molecule has 0 aromatic heterocycles. The summed E-state index contributed by atoms with van der Waals surface area (Å²) in [6.07, 6.45) is 5.42. The van der Waals surface area contributed by atoms with Crippen molar-refractivity contribution in [3.8, 4) is 0 Å². The molecule has 0 aromatic rings. The van der Waals surface area contributed by atoms with E-state index in [-0.39, 0.29) is 29.7 Å². The number of ether oxygens (including phenoxy) is 1. The average Bonchev–Trinajstić information content (AvgIpc) is 2.58. The number of carbonyl (C=O) groups is 1. The highest BCUT2D eigenvalue weighted by Gasteiger charge is 2.52. The first-order valence-electron chi connectivity index (χ1n) is 8.29. The van der Waals surface area contributed by atoms with Gasteiger partial charge in [-0.3, -0.25) is 4.79 Å². The topological polar surface area (TPSA) is 44.8 Å². The van der Waals surface area contributed by atoms with Crippen molar-refractivity contribution >= 4 is 13.1 Å². The lowest BCUT2D eigenvalue weighted by Gasteiger charge is -2.32. The minimum atomic E-state index is -0.301. The molecule has 4 nitrogen and oxygen atoms in total. The third kappa shape index (κ3) is 3.57. The second kappa shape index (κ2) is 6.01. The number of hydrogen-bond donors (Lipinski definition) is 0. The molecule has 0 amide bonds. The Bertz CT molecular complexity index is 453. The van der Waals surface area contributed by atoms with Crippen LogP contribution in [0.2, 0.25) is 0 Å². The van der Waals surface area contributed by atoms with Gasteiger partial charge in [-0.15, -0.1) is 0 Å². The molecule has 2 aliphatic rings. The van der Waals surface area contributed by atoms with Crippen molar-refractivity contribution < 1.29 is 18.8 Å². The lowest BCUT2D eigenvalue weighted by atomic mass is 9.65. The highest BCUT2D eigenvalue weighted by molar-refractivity contribution is 6.54. The van der Waals surface area contributed by atoms with E-state index in [1.165, 1.54) is 5.47 Å². The fourth-order valence-electron chi connectivity index (χ4n) is 2.96. The molecule has 0 saturated carbocycles. The van der Waals surface area contributed by atoms with Crippen LogP contribution in [0.1, 0.15) is 67.2 Å². The van der Waals surface area contributed by atoms with E-state index in [0.29, 0.717) is 13.0 Å². The van der Waals surface area contributed by atoms with Gasteiger partial charge < -0.3 is 14.0 Å². The number of allylic oxidation sites excluding steroid dienone is 2. The molecule has 1 aliphatic carbocycles. The van der Waals surface area contributed by atoms with Gasteiger partial charge in [0.25, 0.3) is 0 Å². The summed E-state index contributed by atoms with van der Waals surface area (Å²) in [5, 5.41) is 0. The average molecular weight is 308 g/mol. The Balaban J connectivity index is 1.99. The zero-order chi connectivity index (χ0) is 16.6. The van der Waals surface area contributed by atoms with Gasteiger partial charge in [0, 0.05) is 0 Å². The van der Waals surface area contributed by atoms with Crippen LogP contribution >= 0.6 is 0 Å². The number of esters is 1. The van der Waals surface area contributed by atoms with Crippen molar-refractivity contribution in [2.24, 2.45) is 5.41 Å². The molecule has 22 heavy (non-hydrogen) atoms. The maximum Gasteiger partial charge on any atom is 0.490 e. The van der Waals surface area contributed by atoms with Gasteiger partial charge in [-0.05, 0) is 64.8 Å². The molecule has 0 spiro atoms. The Hall–Kier alpha value is -0.805. The molecule has 1 aliphatic heterocycles. The smallest absolute Gasteiger partial charge is 0.466 e. The second-order valence-corrected chi connectivity index (χ2v) is 7.86. The van der Waals surface area contributed by atoms with Gasteiger partial charge in [0.1, 0.15) is 0 Å². The highest BCUT2D eigenvalue weighted by Crippen LogP contribution is 2.43. The summed E-state index contributed by atoms with van der Waals surface area (Å²) in [6, 6.07) is 0. The molecule has 1 atom stereocenters. The van der Waals surface area contributed by atoms with Crippen molar-refractivity contribution in [3.05, 3.63) is 11.5 Å². The third-order valence-electron chi connectivity index (χ3n) is 5.31. The Kier molecular flexibility index (Phi) is 4.79. The monoisotopic (exact) mass is 308 g/mol. The Morgan fingerprint density at radius 2 is 1.82 bits per heavy atom. The summed E-state index contributed by atoms with van der Waals surface area (Å²) in [7, 11) is -0.253. The first kappa shape index (κ1) is 17.5. The van der Waals surface area contributed by atoms with Crippen LogP contribution in [0.25, 0.3) is 0 Å². The Morgan fingerprint density at radius 1 is 1.23 bits per heavy atom. The molecule has 2 rings (SSSR count). The molecule has 0 radical (unpaired) electrons. The van der Waals surface area contributed by atoms with Gasteiger partial charge in [-0.1, -0.05) is 13.0 Å². The SMILES string of the molecule is CCOC(=O)CC1(C)CC=C(B2OC(C)(C)C(C)(C)O2)CC1. The molecular formula is C17H29BO4. The molecule has 0 aromatic carbocycles. The predicted octanol–water partition coefficient (Wildman–Crippen LogP) is 3.69. The van der Waals surface area contributed by atoms with Gasteiger partial charge in [-0.2, -0.15) is 0 Å². The van der Waals surface area contributed by atoms with Gasteiger partial charge in [0.05, 0.1) is 24.2 Å². The van der Waals surface area contributed by atoms with Crippen molar-refractivity contribution in [2.75, 3.05) is 6.61 Å². The fraction of sp³-hybridized carbons (Fsp3) is 0.824. The minimum Gasteiger partial charge on any atom is -0.466 e. The van der Waals surface area contributed by atoms with Gasteiger partial charge in [0.15, 0.2) is 0 Å². The molecule has 124 valence electrons. The maximum atomic E-state index is 11.7. The van der Waals surface area contributed by atoms with E-state index in [1.807, 2.05) is 6.92 Å². The predicted molar refractivity (Wildman–Crippen MR) is 87.4 cm³/mol. The van der Waals surface area contributed by atoms with Crippen LogP contribution in [-0.4, -0.2) is 30.9 Å². The Labute approximate surface area is 134 Å². The molecule has 0 bridgehead atoms. The number of hydrogen-bond acceptors (Lipinski definition) is 4.